The van der Waals surface area contributed by atoms with Crippen molar-refractivity contribution in [1.82, 2.24) is 10.2 Å². The minimum Gasteiger partial charge on any atom is -0.465 e. The Morgan fingerprint density at radius 2 is 1.87 bits per heavy atom. The first-order valence-corrected chi connectivity index (χ1v) is 9.84. The Morgan fingerprint density at radius 1 is 1.16 bits per heavy atom. The van der Waals surface area contributed by atoms with Gasteiger partial charge in [-0.1, -0.05) is 30.3 Å². The molecular weight excluding hydrogens is 416 g/mol. The number of amides is 2. The zero-order valence-electron chi connectivity index (χ0n) is 16.5. The van der Waals surface area contributed by atoms with E-state index in [-0.39, 0.29) is 18.0 Å². The van der Waals surface area contributed by atoms with Crippen molar-refractivity contribution < 1.29 is 32.3 Å². The summed E-state index contributed by atoms with van der Waals surface area (Å²) in [6.07, 6.45) is -4.14. The van der Waals surface area contributed by atoms with Gasteiger partial charge in [0.15, 0.2) is 0 Å². The van der Waals surface area contributed by atoms with Crippen molar-refractivity contribution in [3.8, 4) is 0 Å². The van der Waals surface area contributed by atoms with Crippen molar-refractivity contribution in [2.24, 2.45) is 0 Å². The minimum atomic E-state index is -4.62. The standard InChI is InChI=1S/C22H22F4N2O3/c23-19-9-8-16(22(24,25)26)11-15(19)13-27-20(29)18(14-5-2-1-3-6-14)12-17-7-4-10-28(17)21(30)31/h1-3,5-6,8-9,11,17-18H,4,7,10,12-13H2,(H,27,29)(H,30,31)/t17-,18?/m1/s1. The molecule has 0 aromatic heterocycles. The van der Waals surface area contributed by atoms with Crippen LogP contribution >= 0.6 is 0 Å². The minimum absolute atomic E-state index is 0.229. The number of halogens is 4. The average Bonchev–Trinajstić information content (AvgIpc) is 3.19. The topological polar surface area (TPSA) is 69.6 Å². The van der Waals surface area contributed by atoms with E-state index in [1.54, 1.807) is 30.3 Å². The molecule has 2 aromatic carbocycles. The summed E-state index contributed by atoms with van der Waals surface area (Å²) in [5.74, 6) is -2.07. The lowest BCUT2D eigenvalue weighted by Gasteiger charge is -2.26. The molecule has 1 fully saturated rings. The van der Waals surface area contributed by atoms with Crippen molar-refractivity contribution in [3.63, 3.8) is 0 Å². The molecule has 2 N–H and O–H groups in total. The summed E-state index contributed by atoms with van der Waals surface area (Å²) < 4.78 is 52.8. The van der Waals surface area contributed by atoms with Gasteiger partial charge in [-0.3, -0.25) is 4.79 Å². The summed E-state index contributed by atoms with van der Waals surface area (Å²) in [4.78, 5) is 25.7. The van der Waals surface area contributed by atoms with Crippen LogP contribution in [0.15, 0.2) is 48.5 Å². The molecule has 2 atom stereocenters. The summed E-state index contributed by atoms with van der Waals surface area (Å²) in [6, 6.07) is 10.4. The van der Waals surface area contributed by atoms with Gasteiger partial charge in [-0.25, -0.2) is 9.18 Å². The van der Waals surface area contributed by atoms with E-state index < -0.39 is 42.0 Å². The zero-order valence-corrected chi connectivity index (χ0v) is 16.5. The second-order valence-corrected chi connectivity index (χ2v) is 7.49. The maximum atomic E-state index is 14.0. The van der Waals surface area contributed by atoms with E-state index in [4.69, 9.17) is 0 Å². The zero-order chi connectivity index (χ0) is 22.6. The molecule has 2 aromatic rings. The van der Waals surface area contributed by atoms with Crippen molar-refractivity contribution in [1.29, 1.82) is 0 Å². The fourth-order valence-electron chi connectivity index (χ4n) is 3.88. The third-order valence-corrected chi connectivity index (χ3v) is 5.48. The molecule has 0 spiro atoms. The predicted octanol–water partition coefficient (Wildman–Crippen LogP) is 4.78. The highest BCUT2D eigenvalue weighted by Gasteiger charge is 2.34. The Morgan fingerprint density at radius 3 is 2.52 bits per heavy atom. The molecule has 31 heavy (non-hydrogen) atoms. The van der Waals surface area contributed by atoms with Crippen LogP contribution in [0.25, 0.3) is 0 Å². The first kappa shape index (κ1) is 22.6. The van der Waals surface area contributed by atoms with Gasteiger partial charge in [-0.15, -0.1) is 0 Å². The van der Waals surface area contributed by atoms with Crippen LogP contribution in [0.4, 0.5) is 22.4 Å². The lowest BCUT2D eigenvalue weighted by molar-refractivity contribution is -0.137. The Bertz CT molecular complexity index is 934. The number of rotatable bonds is 6. The lowest BCUT2D eigenvalue weighted by atomic mass is 9.90. The monoisotopic (exact) mass is 438 g/mol. The molecule has 5 nitrogen and oxygen atoms in total. The van der Waals surface area contributed by atoms with E-state index in [0.29, 0.717) is 37.1 Å². The molecule has 3 rings (SSSR count). The van der Waals surface area contributed by atoms with Crippen LogP contribution in [0.2, 0.25) is 0 Å². The molecule has 1 heterocycles. The quantitative estimate of drug-likeness (QED) is 0.638. The molecule has 166 valence electrons. The fourth-order valence-corrected chi connectivity index (χ4v) is 3.88. The van der Waals surface area contributed by atoms with Gasteiger partial charge < -0.3 is 15.3 Å². The van der Waals surface area contributed by atoms with E-state index >= 15 is 0 Å². The highest BCUT2D eigenvalue weighted by atomic mass is 19.4. The summed E-state index contributed by atoms with van der Waals surface area (Å²) in [7, 11) is 0. The van der Waals surface area contributed by atoms with E-state index in [1.165, 1.54) is 4.90 Å². The number of alkyl halides is 3. The molecule has 9 heteroatoms. The van der Waals surface area contributed by atoms with Gasteiger partial charge >= 0.3 is 12.3 Å². The van der Waals surface area contributed by atoms with Crippen LogP contribution in [-0.2, 0) is 17.5 Å². The number of carbonyl (C=O) groups is 2. The van der Waals surface area contributed by atoms with Gasteiger partial charge in [0.05, 0.1) is 11.5 Å². The van der Waals surface area contributed by atoms with Crippen LogP contribution in [-0.4, -0.2) is 34.6 Å². The molecule has 1 aliphatic heterocycles. The van der Waals surface area contributed by atoms with Crippen molar-refractivity contribution in [2.75, 3.05) is 6.54 Å². The third-order valence-electron chi connectivity index (χ3n) is 5.48. The van der Waals surface area contributed by atoms with Crippen molar-refractivity contribution in [2.45, 2.75) is 43.9 Å². The number of nitrogens with one attached hydrogen (secondary N) is 1. The number of benzene rings is 2. The first-order valence-electron chi connectivity index (χ1n) is 9.84. The molecule has 0 aliphatic carbocycles. The summed E-state index contributed by atoms with van der Waals surface area (Å²) >= 11 is 0. The normalized spacial score (nSPS) is 17.4. The lowest BCUT2D eigenvalue weighted by Crippen LogP contribution is -2.38. The van der Waals surface area contributed by atoms with E-state index in [2.05, 4.69) is 5.32 Å². The summed E-state index contributed by atoms with van der Waals surface area (Å²) in [5.41, 5.74) is -0.620. The van der Waals surface area contributed by atoms with Crippen LogP contribution in [0.1, 0.15) is 41.9 Å². The van der Waals surface area contributed by atoms with Crippen molar-refractivity contribution >= 4 is 12.0 Å². The number of carbonyl (C=O) groups excluding carboxylic acids is 1. The SMILES string of the molecule is O=C(NCc1cc(C(F)(F)F)ccc1F)C(C[C@H]1CCCN1C(=O)O)c1ccccc1. The predicted molar refractivity (Wildman–Crippen MR) is 105 cm³/mol. The molecule has 2 amide bonds. The number of carboxylic acid groups (broad SMARTS) is 1. The van der Waals surface area contributed by atoms with Crippen LogP contribution in [0.5, 0.6) is 0 Å². The highest BCUT2D eigenvalue weighted by molar-refractivity contribution is 5.83. The Kier molecular flexibility index (Phi) is 6.82. The number of nitrogens with zero attached hydrogens (tertiary/aromatic N) is 1. The fraction of sp³-hybridized carbons (Fsp3) is 0.364. The van der Waals surface area contributed by atoms with Gasteiger partial charge in [0.2, 0.25) is 5.91 Å². The van der Waals surface area contributed by atoms with E-state index in [1.807, 2.05) is 0 Å². The van der Waals surface area contributed by atoms with Gasteiger partial charge in [0.25, 0.3) is 0 Å². The number of hydrogen-bond acceptors (Lipinski definition) is 2. The summed E-state index contributed by atoms with van der Waals surface area (Å²) in [6.45, 7) is -0.0240. The smallest absolute Gasteiger partial charge is 0.416 e. The van der Waals surface area contributed by atoms with Crippen LogP contribution < -0.4 is 5.32 Å². The maximum absolute atomic E-state index is 14.0. The molecule has 0 saturated carbocycles. The van der Waals surface area contributed by atoms with E-state index in [9.17, 15) is 32.3 Å². The van der Waals surface area contributed by atoms with Gasteiger partial charge in [-0.05, 0) is 43.0 Å². The van der Waals surface area contributed by atoms with Crippen LogP contribution in [0, 0.1) is 5.82 Å². The van der Waals surface area contributed by atoms with Gasteiger partial charge in [0, 0.05) is 24.7 Å². The largest absolute Gasteiger partial charge is 0.465 e. The molecule has 1 unspecified atom stereocenters. The maximum Gasteiger partial charge on any atom is 0.416 e. The third kappa shape index (κ3) is 5.53. The van der Waals surface area contributed by atoms with Gasteiger partial charge in [-0.2, -0.15) is 13.2 Å². The van der Waals surface area contributed by atoms with Crippen molar-refractivity contribution in [3.05, 3.63) is 71.0 Å². The Labute approximate surface area is 176 Å². The second-order valence-electron chi connectivity index (χ2n) is 7.49. The molecule has 0 bridgehead atoms. The number of likely N-dealkylation sites (tertiary alicyclic amines) is 1. The first-order chi connectivity index (χ1) is 14.7. The summed E-state index contributed by atoms with van der Waals surface area (Å²) in [5, 5.41) is 11.9. The number of hydrogen-bond donors (Lipinski definition) is 2. The second kappa shape index (κ2) is 9.36. The van der Waals surface area contributed by atoms with Gasteiger partial charge in [0.1, 0.15) is 5.82 Å². The average molecular weight is 438 g/mol. The Hall–Kier alpha value is -3.10. The molecule has 1 saturated heterocycles. The van der Waals surface area contributed by atoms with Crippen LogP contribution in [0.3, 0.4) is 0 Å². The Balaban J connectivity index is 1.77. The van der Waals surface area contributed by atoms with E-state index in [0.717, 1.165) is 6.07 Å². The molecular formula is C22H22F4N2O3. The highest BCUT2D eigenvalue weighted by Crippen LogP contribution is 2.31. The molecule has 0 radical (unpaired) electrons. The molecule has 1 aliphatic rings.